The molecule has 0 radical (unpaired) electrons. The lowest BCUT2D eigenvalue weighted by molar-refractivity contribution is -0.384. The smallest absolute Gasteiger partial charge is 0.277 e. The van der Waals surface area contributed by atoms with E-state index in [9.17, 15) is 10.1 Å². The average molecular weight is 754 g/mol. The molecule has 8 heteroatoms. The summed E-state index contributed by atoms with van der Waals surface area (Å²) in [4.78, 5) is 14.7. The molecule has 0 atom stereocenters. The van der Waals surface area contributed by atoms with Gasteiger partial charge in [-0.3, -0.25) is 10.1 Å². The topological polar surface area (TPSA) is 68.8 Å². The van der Waals surface area contributed by atoms with Gasteiger partial charge < -0.3 is 14.1 Å². The van der Waals surface area contributed by atoms with Crippen molar-refractivity contribution in [3.63, 3.8) is 0 Å². The summed E-state index contributed by atoms with van der Waals surface area (Å²) in [6, 6.07) is 46.3. The molecule has 9 aromatic rings. The van der Waals surface area contributed by atoms with Crippen LogP contribution in [-0.4, -0.2) is 19.0 Å². The minimum atomic E-state index is -0.337. The Balaban J connectivity index is 0.000000140. The first-order valence-corrected chi connectivity index (χ1v) is 16.9. The molecule has 48 heavy (non-hydrogen) atoms. The Labute approximate surface area is 292 Å². The number of nitrogens with one attached hydrogen (secondary N) is 1. The fourth-order valence-electron chi connectivity index (χ4n) is 6.49. The highest BCUT2D eigenvalue weighted by Gasteiger charge is 2.19. The molecule has 6 nitrogen and oxygen atoms in total. The third kappa shape index (κ3) is 5.29. The van der Waals surface area contributed by atoms with Crippen LogP contribution in [0.25, 0.3) is 66.1 Å². The molecule has 0 aliphatic rings. The fourth-order valence-corrected chi connectivity index (χ4v) is 7.21. The van der Waals surface area contributed by atoms with Crippen LogP contribution in [0.5, 0.6) is 0 Å². The van der Waals surface area contributed by atoms with Crippen LogP contribution in [0.2, 0.25) is 0 Å². The number of H-pyrrole nitrogens is 1. The van der Waals surface area contributed by atoms with E-state index < -0.39 is 0 Å². The first-order chi connectivity index (χ1) is 23.5. The predicted molar refractivity (Wildman–Crippen MR) is 203 cm³/mol. The number of hydrogen-bond acceptors (Lipinski definition) is 2. The van der Waals surface area contributed by atoms with Crippen LogP contribution in [0.1, 0.15) is 0 Å². The van der Waals surface area contributed by atoms with Crippen molar-refractivity contribution in [2.24, 2.45) is 0 Å². The van der Waals surface area contributed by atoms with E-state index in [-0.39, 0.29) is 10.6 Å². The molecule has 0 saturated heterocycles. The molecule has 0 fully saturated rings. The number of benzene rings is 6. The van der Waals surface area contributed by atoms with Gasteiger partial charge in [0.2, 0.25) is 0 Å². The zero-order chi connectivity index (χ0) is 32.8. The highest BCUT2D eigenvalue weighted by Crippen LogP contribution is 2.38. The third-order valence-corrected chi connectivity index (χ3v) is 9.59. The number of nitro benzene ring substituents is 1. The van der Waals surface area contributed by atoms with Gasteiger partial charge in [-0.2, -0.15) is 0 Å². The van der Waals surface area contributed by atoms with E-state index in [2.05, 4.69) is 113 Å². The Kier molecular flexibility index (Phi) is 7.67. The Hall–Kier alpha value is -5.44. The van der Waals surface area contributed by atoms with Crippen molar-refractivity contribution in [2.75, 3.05) is 0 Å². The van der Waals surface area contributed by atoms with Crippen molar-refractivity contribution < 1.29 is 4.92 Å². The van der Waals surface area contributed by atoms with Crippen LogP contribution in [-0.2, 0) is 0 Å². The monoisotopic (exact) mass is 752 g/mol. The molecule has 0 bridgehead atoms. The van der Waals surface area contributed by atoms with E-state index in [1.54, 1.807) is 12.1 Å². The normalized spacial score (nSPS) is 11.3. The van der Waals surface area contributed by atoms with Crippen LogP contribution < -0.4 is 0 Å². The Bertz CT molecular complexity index is 2620. The van der Waals surface area contributed by atoms with Crippen LogP contribution >= 0.6 is 31.9 Å². The van der Waals surface area contributed by atoms with Crippen LogP contribution in [0.15, 0.2) is 161 Å². The van der Waals surface area contributed by atoms with Gasteiger partial charge in [-0.25, -0.2) is 0 Å². The molecular weight excluding hydrogens is 728 g/mol. The summed E-state index contributed by atoms with van der Waals surface area (Å²) in [6.45, 7) is 0. The minimum absolute atomic E-state index is 0.0940. The predicted octanol–water partition coefficient (Wildman–Crippen LogP) is 12.0. The third-order valence-electron chi connectivity index (χ3n) is 8.60. The molecule has 0 unspecified atom stereocenters. The van der Waals surface area contributed by atoms with Crippen LogP contribution in [0.3, 0.4) is 0 Å². The number of para-hydroxylation sites is 3. The van der Waals surface area contributed by atoms with Gasteiger partial charge in [-0.15, -0.1) is 0 Å². The summed E-state index contributed by atoms with van der Waals surface area (Å²) in [5.74, 6) is 0. The average Bonchev–Trinajstić information content (AvgIpc) is 3.84. The summed E-state index contributed by atoms with van der Waals surface area (Å²) < 4.78 is 6.24. The zero-order valence-electron chi connectivity index (χ0n) is 25.3. The van der Waals surface area contributed by atoms with Crippen molar-refractivity contribution in [2.45, 2.75) is 0 Å². The maximum atomic E-state index is 11.5. The zero-order valence-corrected chi connectivity index (χ0v) is 28.5. The Morgan fingerprint density at radius 2 is 1.17 bits per heavy atom. The lowest BCUT2D eigenvalue weighted by Crippen LogP contribution is -1.96. The molecule has 0 spiro atoms. The number of fused-ring (bicyclic) bond motifs is 6. The number of aromatic amines is 1. The van der Waals surface area contributed by atoms with Gasteiger partial charge in [0.1, 0.15) is 0 Å². The summed E-state index contributed by atoms with van der Waals surface area (Å²) in [6.07, 6.45) is 4.14. The van der Waals surface area contributed by atoms with Gasteiger partial charge in [-0.1, -0.05) is 92.5 Å². The van der Waals surface area contributed by atoms with Crippen molar-refractivity contribution in [3.05, 3.63) is 171 Å². The molecule has 3 heterocycles. The lowest BCUT2D eigenvalue weighted by atomic mass is 10.0. The van der Waals surface area contributed by atoms with E-state index in [0.29, 0.717) is 5.56 Å². The van der Waals surface area contributed by atoms with Gasteiger partial charge >= 0.3 is 0 Å². The second-order valence-electron chi connectivity index (χ2n) is 11.4. The summed E-state index contributed by atoms with van der Waals surface area (Å²) in [5.41, 5.74) is 8.25. The van der Waals surface area contributed by atoms with E-state index in [4.69, 9.17) is 0 Å². The van der Waals surface area contributed by atoms with E-state index in [0.717, 1.165) is 36.6 Å². The van der Waals surface area contributed by atoms with E-state index in [1.165, 1.54) is 38.9 Å². The summed E-state index contributed by atoms with van der Waals surface area (Å²) >= 11 is 7.03. The quantitative estimate of drug-likeness (QED) is 0.144. The van der Waals surface area contributed by atoms with Crippen molar-refractivity contribution in [3.8, 4) is 22.5 Å². The number of nitrogens with zero attached hydrogens (tertiary/aromatic N) is 3. The second-order valence-corrected chi connectivity index (χ2v) is 13.3. The highest BCUT2D eigenvalue weighted by atomic mass is 79.9. The molecule has 0 aliphatic heterocycles. The molecule has 6 aromatic carbocycles. The van der Waals surface area contributed by atoms with Gasteiger partial charge in [0.25, 0.3) is 5.69 Å². The fraction of sp³-hybridized carbons (Fsp3) is 0. The summed E-state index contributed by atoms with van der Waals surface area (Å²) in [7, 11) is 0. The molecule has 1 N–H and O–H groups in total. The molecule has 0 aliphatic carbocycles. The number of hydrogen-bond donors (Lipinski definition) is 1. The maximum Gasteiger partial charge on any atom is 0.277 e. The number of aromatic nitrogens is 3. The van der Waals surface area contributed by atoms with Gasteiger partial charge in [0.05, 0.1) is 21.5 Å². The SMILES string of the molecule is Brc1ccc2[nH]c3ccc4ccn(-c5ccccc5)c4c3c2c1.O=[N+]([O-])c1ccc(Br)cc1-c1cccc2ccn(-c3ccccc3)c12. The summed E-state index contributed by atoms with van der Waals surface area (Å²) in [5, 5.41) is 16.3. The van der Waals surface area contributed by atoms with Crippen molar-refractivity contribution in [1.29, 1.82) is 0 Å². The standard InChI is InChI=1S/C20H13BrN2O2.C20H13BrN2/c21-15-9-10-19(23(24)25)18(13-15)17-8-4-5-14-11-12-22(20(14)17)16-6-2-1-3-7-16;21-14-7-9-17-16(12-14)19-18(22-17)8-6-13-10-11-23(20(13)19)15-4-2-1-3-5-15/h1-13H;1-12,22H. The molecule has 3 aromatic heterocycles. The van der Waals surface area contributed by atoms with E-state index in [1.807, 2.05) is 66.9 Å². The molecule has 9 rings (SSSR count). The number of rotatable bonds is 4. The Morgan fingerprint density at radius 3 is 1.85 bits per heavy atom. The molecule has 232 valence electrons. The number of halogens is 2. The molecule has 0 saturated carbocycles. The lowest BCUT2D eigenvalue weighted by Gasteiger charge is -2.11. The largest absolute Gasteiger partial charge is 0.354 e. The molecular formula is C40H26Br2N4O2. The highest BCUT2D eigenvalue weighted by molar-refractivity contribution is 9.10. The van der Waals surface area contributed by atoms with Crippen molar-refractivity contribution in [1.82, 2.24) is 14.1 Å². The van der Waals surface area contributed by atoms with Crippen molar-refractivity contribution >= 4 is 81.2 Å². The van der Waals surface area contributed by atoms with Gasteiger partial charge in [-0.05, 0) is 72.8 Å². The van der Waals surface area contributed by atoms with Crippen LogP contribution in [0.4, 0.5) is 5.69 Å². The minimum Gasteiger partial charge on any atom is -0.354 e. The number of nitro groups is 1. The Morgan fingerprint density at radius 1 is 0.562 bits per heavy atom. The molecule has 0 amide bonds. The van der Waals surface area contributed by atoms with E-state index >= 15 is 0 Å². The van der Waals surface area contributed by atoms with Gasteiger partial charge in [0.15, 0.2) is 0 Å². The first kappa shape index (κ1) is 29.9. The van der Waals surface area contributed by atoms with Crippen LogP contribution in [0, 0.1) is 10.1 Å². The second kappa shape index (κ2) is 12.3. The first-order valence-electron chi connectivity index (χ1n) is 15.3. The van der Waals surface area contributed by atoms with Gasteiger partial charge in [0, 0.05) is 76.9 Å². The maximum absolute atomic E-state index is 11.5.